The van der Waals surface area contributed by atoms with Gasteiger partial charge in [-0.1, -0.05) is 32.0 Å². The van der Waals surface area contributed by atoms with Crippen LogP contribution in [0.2, 0.25) is 0 Å². The first kappa shape index (κ1) is 18.2. The number of amides is 1. The average molecular weight is 345 g/mol. The molecule has 0 aliphatic heterocycles. The number of ether oxygens (including phenoxy) is 1. The summed E-state index contributed by atoms with van der Waals surface area (Å²) in [6.45, 7) is 7.73. The number of rotatable bonds is 6. The molecule has 128 valence electrons. The molecule has 0 aliphatic rings. The van der Waals surface area contributed by atoms with Crippen LogP contribution in [0.5, 0.6) is 0 Å². The Hall–Kier alpha value is -2.14. The number of nitrogens with one attached hydrogen (secondary N) is 1. The monoisotopic (exact) mass is 345 g/mol. The summed E-state index contributed by atoms with van der Waals surface area (Å²) < 4.78 is 5.27. The molecule has 0 radical (unpaired) electrons. The fourth-order valence-corrected chi connectivity index (χ4v) is 3.06. The molecule has 0 aliphatic carbocycles. The van der Waals surface area contributed by atoms with Gasteiger partial charge in [0, 0.05) is 10.6 Å². The van der Waals surface area contributed by atoms with Crippen LogP contribution in [0.1, 0.15) is 53.2 Å². The maximum Gasteiger partial charge on any atom is 0.349 e. The van der Waals surface area contributed by atoms with E-state index in [1.807, 2.05) is 37.3 Å². The Bertz CT molecular complexity index is 723. The van der Waals surface area contributed by atoms with Crippen molar-refractivity contribution in [3.05, 3.63) is 51.7 Å². The first-order valence-corrected chi connectivity index (χ1v) is 8.91. The third kappa shape index (κ3) is 4.45. The van der Waals surface area contributed by atoms with Gasteiger partial charge in [0.05, 0.1) is 0 Å². The van der Waals surface area contributed by atoms with E-state index in [0.29, 0.717) is 10.8 Å². The number of anilines is 1. The van der Waals surface area contributed by atoms with E-state index in [0.717, 1.165) is 22.5 Å². The molecule has 0 bridgehead atoms. The highest BCUT2D eigenvalue weighted by Gasteiger charge is 2.21. The summed E-state index contributed by atoms with van der Waals surface area (Å²) in [6.07, 6.45) is 0.125. The Labute approximate surface area is 146 Å². The van der Waals surface area contributed by atoms with E-state index < -0.39 is 12.1 Å². The smallest absolute Gasteiger partial charge is 0.349 e. The lowest BCUT2D eigenvalue weighted by atomic mass is 9.97. The molecule has 1 amide bonds. The van der Waals surface area contributed by atoms with Crippen LogP contribution < -0.4 is 5.32 Å². The van der Waals surface area contributed by atoms with E-state index in [1.54, 1.807) is 13.0 Å². The number of aryl methyl sites for hydroxylation is 1. The van der Waals surface area contributed by atoms with Gasteiger partial charge < -0.3 is 10.1 Å². The second kappa shape index (κ2) is 8.11. The van der Waals surface area contributed by atoms with Crippen molar-refractivity contribution < 1.29 is 14.3 Å². The minimum Gasteiger partial charge on any atom is -0.448 e. The van der Waals surface area contributed by atoms with Crippen LogP contribution in [-0.4, -0.2) is 18.0 Å². The second-order valence-corrected chi connectivity index (χ2v) is 7.13. The zero-order valence-electron chi connectivity index (χ0n) is 14.5. The van der Waals surface area contributed by atoms with Crippen LogP contribution in [0.4, 0.5) is 5.69 Å². The van der Waals surface area contributed by atoms with E-state index in [-0.39, 0.29) is 5.91 Å². The van der Waals surface area contributed by atoms with E-state index in [1.165, 1.54) is 11.3 Å². The number of benzene rings is 1. The van der Waals surface area contributed by atoms with E-state index in [4.69, 9.17) is 4.74 Å². The van der Waals surface area contributed by atoms with Crippen molar-refractivity contribution in [2.45, 2.75) is 46.1 Å². The Balaban J connectivity index is 2.03. The number of para-hydroxylation sites is 1. The van der Waals surface area contributed by atoms with Gasteiger partial charge >= 0.3 is 5.97 Å². The predicted molar refractivity (Wildman–Crippen MR) is 97.7 cm³/mol. The van der Waals surface area contributed by atoms with E-state index in [2.05, 4.69) is 19.2 Å². The third-order valence-electron chi connectivity index (χ3n) is 3.96. The summed E-state index contributed by atoms with van der Waals surface area (Å²) in [4.78, 5) is 26.0. The molecular weight excluding hydrogens is 322 g/mol. The fraction of sp³-hybridized carbons (Fsp3) is 0.368. The molecule has 2 rings (SSSR count). The van der Waals surface area contributed by atoms with Crippen LogP contribution in [0.25, 0.3) is 0 Å². The molecule has 4 nitrogen and oxygen atoms in total. The highest BCUT2D eigenvalue weighted by Crippen LogP contribution is 2.26. The quantitative estimate of drug-likeness (QED) is 0.768. The SMILES string of the molecule is CC[C@H](C)c1ccccc1NC(=O)[C@H](C)OC(=O)c1ccc(C)s1. The molecule has 1 aromatic carbocycles. The van der Waals surface area contributed by atoms with Crippen LogP contribution >= 0.6 is 11.3 Å². The van der Waals surface area contributed by atoms with Crippen molar-refractivity contribution in [2.75, 3.05) is 5.32 Å². The maximum absolute atomic E-state index is 12.4. The van der Waals surface area contributed by atoms with E-state index >= 15 is 0 Å². The number of thiophene rings is 1. The summed E-state index contributed by atoms with van der Waals surface area (Å²) in [7, 11) is 0. The molecular formula is C19H23NO3S. The zero-order valence-corrected chi connectivity index (χ0v) is 15.3. The molecule has 0 saturated heterocycles. The minimum absolute atomic E-state index is 0.326. The molecule has 0 spiro atoms. The topological polar surface area (TPSA) is 55.4 Å². The molecule has 1 N–H and O–H groups in total. The summed E-state index contributed by atoms with van der Waals surface area (Å²) in [6, 6.07) is 11.3. The number of carbonyl (C=O) groups excluding carboxylic acids is 2. The predicted octanol–water partition coefficient (Wildman–Crippen LogP) is 4.75. The molecule has 5 heteroatoms. The minimum atomic E-state index is -0.857. The first-order chi connectivity index (χ1) is 11.4. The largest absolute Gasteiger partial charge is 0.448 e. The molecule has 0 unspecified atom stereocenters. The highest BCUT2D eigenvalue weighted by atomic mass is 32.1. The van der Waals surface area contributed by atoms with Crippen molar-refractivity contribution in [1.82, 2.24) is 0 Å². The molecule has 0 fully saturated rings. The number of hydrogen-bond acceptors (Lipinski definition) is 4. The van der Waals surface area contributed by atoms with E-state index in [9.17, 15) is 9.59 Å². The Morgan fingerprint density at radius 3 is 2.50 bits per heavy atom. The van der Waals surface area contributed by atoms with Crippen molar-refractivity contribution in [3.63, 3.8) is 0 Å². The van der Waals surface area contributed by atoms with Gasteiger partial charge in [-0.25, -0.2) is 4.79 Å². The normalized spacial score (nSPS) is 13.2. The van der Waals surface area contributed by atoms with Gasteiger partial charge in [0.15, 0.2) is 6.10 Å². The summed E-state index contributed by atoms with van der Waals surface area (Å²) in [5, 5.41) is 2.87. The lowest BCUT2D eigenvalue weighted by molar-refractivity contribution is -0.123. The lowest BCUT2D eigenvalue weighted by Gasteiger charge is -2.18. The molecule has 2 aromatic rings. The average Bonchev–Trinajstić information content (AvgIpc) is 3.01. The van der Waals surface area contributed by atoms with Gasteiger partial charge in [-0.05, 0) is 49.9 Å². The van der Waals surface area contributed by atoms with Crippen molar-refractivity contribution in [3.8, 4) is 0 Å². The van der Waals surface area contributed by atoms with Gasteiger partial charge in [-0.2, -0.15) is 0 Å². The molecule has 1 heterocycles. The van der Waals surface area contributed by atoms with Crippen LogP contribution in [0, 0.1) is 6.92 Å². The summed E-state index contributed by atoms with van der Waals surface area (Å²) in [5.74, 6) is -0.452. The maximum atomic E-state index is 12.4. The standard InChI is InChI=1S/C19H23NO3S/c1-5-12(2)15-8-6-7-9-16(15)20-18(21)14(4)23-19(22)17-11-10-13(3)24-17/h6-12,14H,5H2,1-4H3,(H,20,21)/t12-,14-/m0/s1. The van der Waals surface area contributed by atoms with Gasteiger partial charge in [-0.15, -0.1) is 11.3 Å². The molecule has 24 heavy (non-hydrogen) atoms. The lowest BCUT2D eigenvalue weighted by Crippen LogP contribution is -2.30. The molecule has 2 atom stereocenters. The summed E-state index contributed by atoms with van der Waals surface area (Å²) >= 11 is 1.36. The van der Waals surface area contributed by atoms with Crippen molar-refractivity contribution in [1.29, 1.82) is 0 Å². The number of esters is 1. The van der Waals surface area contributed by atoms with Crippen LogP contribution in [0.15, 0.2) is 36.4 Å². The van der Waals surface area contributed by atoms with Crippen LogP contribution in [-0.2, 0) is 9.53 Å². The van der Waals surface area contributed by atoms with Gasteiger partial charge in [0.2, 0.25) is 0 Å². The summed E-state index contributed by atoms with van der Waals surface area (Å²) in [5.41, 5.74) is 1.85. The molecule has 0 saturated carbocycles. The second-order valence-electron chi connectivity index (χ2n) is 5.84. The Morgan fingerprint density at radius 2 is 1.88 bits per heavy atom. The zero-order chi connectivity index (χ0) is 17.7. The van der Waals surface area contributed by atoms with Crippen LogP contribution in [0.3, 0.4) is 0 Å². The first-order valence-electron chi connectivity index (χ1n) is 8.09. The third-order valence-corrected chi connectivity index (χ3v) is 4.94. The fourth-order valence-electron chi connectivity index (χ4n) is 2.31. The van der Waals surface area contributed by atoms with Crippen molar-refractivity contribution in [2.24, 2.45) is 0 Å². The Kier molecular flexibility index (Phi) is 6.15. The van der Waals surface area contributed by atoms with Crippen molar-refractivity contribution >= 4 is 28.9 Å². The Morgan fingerprint density at radius 1 is 1.17 bits per heavy atom. The number of carbonyl (C=O) groups is 2. The van der Waals surface area contributed by atoms with Gasteiger partial charge in [0.1, 0.15) is 4.88 Å². The van der Waals surface area contributed by atoms with Gasteiger partial charge in [0.25, 0.3) is 5.91 Å². The number of hydrogen-bond donors (Lipinski definition) is 1. The highest BCUT2D eigenvalue weighted by molar-refractivity contribution is 7.13. The van der Waals surface area contributed by atoms with Gasteiger partial charge in [-0.3, -0.25) is 4.79 Å². The molecule has 1 aromatic heterocycles.